The summed E-state index contributed by atoms with van der Waals surface area (Å²) >= 11 is 18.1. The summed E-state index contributed by atoms with van der Waals surface area (Å²) in [7, 11) is 0. The quantitative estimate of drug-likeness (QED) is 0.513. The zero-order valence-corrected chi connectivity index (χ0v) is 12.9. The number of hydrogen-bond acceptors (Lipinski definition) is 2. The third-order valence-electron chi connectivity index (χ3n) is 3.20. The Labute approximate surface area is 135 Å². The summed E-state index contributed by atoms with van der Waals surface area (Å²) in [6.07, 6.45) is 1.59. The second-order valence-electron chi connectivity index (χ2n) is 4.57. The van der Waals surface area contributed by atoms with Gasteiger partial charge < -0.3 is 10.7 Å². The lowest BCUT2D eigenvalue weighted by Crippen LogP contribution is -2.05. The van der Waals surface area contributed by atoms with Gasteiger partial charge in [-0.05, 0) is 30.3 Å². The van der Waals surface area contributed by atoms with E-state index in [1.165, 1.54) is 0 Å². The van der Waals surface area contributed by atoms with Gasteiger partial charge in [0.2, 0.25) is 0 Å². The molecule has 1 heterocycles. The lowest BCUT2D eigenvalue weighted by atomic mass is 10.0. The third-order valence-corrected chi connectivity index (χ3v) is 3.95. The van der Waals surface area contributed by atoms with E-state index in [1.54, 1.807) is 36.5 Å². The Morgan fingerprint density at radius 3 is 2.52 bits per heavy atom. The fourth-order valence-electron chi connectivity index (χ4n) is 2.23. The minimum Gasteiger partial charge on any atom is -0.398 e. The molecule has 106 valence electrons. The number of benzene rings is 2. The Hall–Kier alpha value is -1.68. The largest absolute Gasteiger partial charge is 0.398 e. The molecule has 3 aromatic rings. The van der Waals surface area contributed by atoms with Gasteiger partial charge in [0.15, 0.2) is 5.78 Å². The molecule has 0 aliphatic rings. The van der Waals surface area contributed by atoms with E-state index < -0.39 is 0 Å². The van der Waals surface area contributed by atoms with Crippen LogP contribution in [-0.2, 0) is 0 Å². The topological polar surface area (TPSA) is 58.9 Å². The summed E-state index contributed by atoms with van der Waals surface area (Å²) in [5, 5.41) is 1.96. The van der Waals surface area contributed by atoms with Crippen LogP contribution in [0.15, 0.2) is 36.5 Å². The smallest absolute Gasteiger partial charge is 0.197 e. The molecule has 6 heteroatoms. The number of nitrogens with one attached hydrogen (secondary N) is 1. The van der Waals surface area contributed by atoms with Crippen LogP contribution in [0.25, 0.3) is 10.9 Å². The van der Waals surface area contributed by atoms with Crippen molar-refractivity contribution in [3.05, 3.63) is 62.7 Å². The third kappa shape index (κ3) is 2.48. The predicted octanol–water partition coefficient (Wildman–Crippen LogP) is 4.94. The highest BCUT2D eigenvalue weighted by molar-refractivity contribution is 6.40. The molecule has 0 saturated heterocycles. The molecule has 0 aliphatic heterocycles. The van der Waals surface area contributed by atoms with Crippen LogP contribution < -0.4 is 5.73 Å². The summed E-state index contributed by atoms with van der Waals surface area (Å²) in [5.41, 5.74) is 7.69. The van der Waals surface area contributed by atoms with Crippen molar-refractivity contribution >= 4 is 57.2 Å². The maximum atomic E-state index is 12.7. The lowest BCUT2D eigenvalue weighted by Gasteiger charge is -2.05. The standard InChI is InChI=1S/C15H9Cl3N2O/c16-7-1-2-12(19)9(3-7)15(21)10-6-20-13-5-8(17)4-11(18)14(10)13/h1-6,20H,19H2. The van der Waals surface area contributed by atoms with Crippen molar-refractivity contribution in [2.45, 2.75) is 0 Å². The monoisotopic (exact) mass is 338 g/mol. The van der Waals surface area contributed by atoms with Gasteiger partial charge in [0.05, 0.1) is 5.02 Å². The number of aromatic nitrogens is 1. The highest BCUT2D eigenvalue weighted by atomic mass is 35.5. The number of nitrogens with two attached hydrogens (primary N) is 1. The van der Waals surface area contributed by atoms with Crippen LogP contribution in [0.3, 0.4) is 0 Å². The summed E-state index contributed by atoms with van der Waals surface area (Å²) < 4.78 is 0. The number of halogens is 3. The first-order valence-electron chi connectivity index (χ1n) is 6.03. The molecular formula is C15H9Cl3N2O. The molecule has 0 amide bonds. The summed E-state index contributed by atoms with van der Waals surface area (Å²) in [4.78, 5) is 15.7. The molecule has 0 atom stereocenters. The normalized spacial score (nSPS) is 11.0. The van der Waals surface area contributed by atoms with E-state index in [1.807, 2.05) is 0 Å². The summed E-state index contributed by atoms with van der Waals surface area (Å²) in [5.74, 6) is -0.245. The number of carbonyl (C=O) groups excluding carboxylic acids is 1. The number of anilines is 1. The molecule has 0 unspecified atom stereocenters. The first kappa shape index (κ1) is 14.3. The Morgan fingerprint density at radius 2 is 1.76 bits per heavy atom. The number of carbonyl (C=O) groups is 1. The molecule has 0 bridgehead atoms. The highest BCUT2D eigenvalue weighted by Crippen LogP contribution is 2.32. The molecule has 3 nitrogen and oxygen atoms in total. The van der Waals surface area contributed by atoms with Crippen molar-refractivity contribution in [1.82, 2.24) is 4.98 Å². The number of rotatable bonds is 2. The van der Waals surface area contributed by atoms with Crippen molar-refractivity contribution in [2.75, 3.05) is 5.73 Å². The first-order valence-corrected chi connectivity index (χ1v) is 7.16. The van der Waals surface area contributed by atoms with E-state index in [-0.39, 0.29) is 5.78 Å². The molecular weight excluding hydrogens is 331 g/mol. The number of hydrogen-bond donors (Lipinski definition) is 2. The van der Waals surface area contributed by atoms with Crippen molar-refractivity contribution in [3.63, 3.8) is 0 Å². The average molecular weight is 340 g/mol. The molecule has 21 heavy (non-hydrogen) atoms. The number of nitrogen functional groups attached to an aromatic ring is 1. The van der Waals surface area contributed by atoms with E-state index in [0.29, 0.717) is 42.8 Å². The van der Waals surface area contributed by atoms with Crippen molar-refractivity contribution < 1.29 is 4.79 Å². The van der Waals surface area contributed by atoms with Crippen molar-refractivity contribution in [2.24, 2.45) is 0 Å². The Morgan fingerprint density at radius 1 is 1.00 bits per heavy atom. The van der Waals surface area contributed by atoms with Gasteiger partial charge in [-0.3, -0.25) is 4.79 Å². The van der Waals surface area contributed by atoms with E-state index >= 15 is 0 Å². The van der Waals surface area contributed by atoms with E-state index in [2.05, 4.69) is 4.98 Å². The van der Waals surface area contributed by atoms with Crippen molar-refractivity contribution in [1.29, 1.82) is 0 Å². The molecule has 1 aromatic heterocycles. The van der Waals surface area contributed by atoms with Crippen LogP contribution in [0.2, 0.25) is 15.1 Å². The maximum Gasteiger partial charge on any atom is 0.197 e. The van der Waals surface area contributed by atoms with Crippen molar-refractivity contribution in [3.8, 4) is 0 Å². The van der Waals surface area contributed by atoms with Gasteiger partial charge >= 0.3 is 0 Å². The second-order valence-corrected chi connectivity index (χ2v) is 5.85. The van der Waals surface area contributed by atoms with Gasteiger partial charge in [0.25, 0.3) is 0 Å². The molecule has 2 aromatic carbocycles. The van der Waals surface area contributed by atoms with Crippen LogP contribution in [0.1, 0.15) is 15.9 Å². The molecule has 3 N–H and O–H groups in total. The average Bonchev–Trinajstić information content (AvgIpc) is 2.84. The van der Waals surface area contributed by atoms with Gasteiger partial charge in [-0.15, -0.1) is 0 Å². The van der Waals surface area contributed by atoms with Gasteiger partial charge in [-0.2, -0.15) is 0 Å². The first-order chi connectivity index (χ1) is 9.97. The van der Waals surface area contributed by atoms with Gasteiger partial charge in [-0.25, -0.2) is 0 Å². The van der Waals surface area contributed by atoms with Crippen LogP contribution in [0.5, 0.6) is 0 Å². The molecule has 0 saturated carbocycles. The number of aromatic amines is 1. The highest BCUT2D eigenvalue weighted by Gasteiger charge is 2.19. The SMILES string of the molecule is Nc1ccc(Cl)cc1C(=O)c1c[nH]c2cc(Cl)cc(Cl)c12. The predicted molar refractivity (Wildman–Crippen MR) is 87.6 cm³/mol. The number of H-pyrrole nitrogens is 1. The van der Waals surface area contributed by atoms with Crippen LogP contribution in [-0.4, -0.2) is 10.8 Å². The fraction of sp³-hybridized carbons (Fsp3) is 0. The summed E-state index contributed by atoms with van der Waals surface area (Å²) in [6, 6.07) is 8.08. The number of fused-ring (bicyclic) bond motifs is 1. The van der Waals surface area contributed by atoms with Crippen LogP contribution in [0.4, 0.5) is 5.69 Å². The summed E-state index contributed by atoms with van der Waals surface area (Å²) in [6.45, 7) is 0. The minimum atomic E-state index is -0.245. The molecule has 0 spiro atoms. The molecule has 0 fully saturated rings. The van der Waals surface area contributed by atoms with Crippen LogP contribution >= 0.6 is 34.8 Å². The van der Waals surface area contributed by atoms with Gasteiger partial charge in [-0.1, -0.05) is 34.8 Å². The van der Waals surface area contributed by atoms with Gasteiger partial charge in [0, 0.05) is 44.0 Å². The zero-order valence-electron chi connectivity index (χ0n) is 10.6. The Kier molecular flexibility index (Phi) is 3.57. The molecule has 0 radical (unpaired) electrons. The zero-order chi connectivity index (χ0) is 15.1. The maximum absolute atomic E-state index is 12.7. The fourth-order valence-corrected chi connectivity index (χ4v) is 3.00. The Balaban J connectivity index is 2.21. The van der Waals surface area contributed by atoms with E-state index in [4.69, 9.17) is 40.5 Å². The van der Waals surface area contributed by atoms with Gasteiger partial charge in [0.1, 0.15) is 0 Å². The molecule has 3 rings (SSSR count). The lowest BCUT2D eigenvalue weighted by molar-refractivity contribution is 0.104. The van der Waals surface area contributed by atoms with Crippen LogP contribution in [0, 0.1) is 0 Å². The Bertz CT molecular complexity index is 871. The minimum absolute atomic E-state index is 0.245. The van der Waals surface area contributed by atoms with E-state index in [0.717, 1.165) is 0 Å². The molecule has 0 aliphatic carbocycles. The number of ketones is 1. The van der Waals surface area contributed by atoms with E-state index in [9.17, 15) is 4.79 Å². The second kappa shape index (κ2) is 5.26.